The Hall–Kier alpha value is -4.72. The van der Waals surface area contributed by atoms with E-state index in [-0.39, 0.29) is 11.9 Å². The van der Waals surface area contributed by atoms with Crippen molar-refractivity contribution in [2.24, 2.45) is 0 Å². The molecule has 0 radical (unpaired) electrons. The molecule has 3 aromatic carbocycles. The van der Waals surface area contributed by atoms with Gasteiger partial charge in [0.1, 0.15) is 11.5 Å². The number of carbonyl (C=O) groups is 2. The van der Waals surface area contributed by atoms with Crippen LogP contribution in [0.4, 0.5) is 10.5 Å². The molecule has 1 N–H and O–H groups in total. The van der Waals surface area contributed by atoms with Crippen molar-refractivity contribution < 1.29 is 19.1 Å². The van der Waals surface area contributed by atoms with E-state index in [2.05, 4.69) is 9.88 Å². The van der Waals surface area contributed by atoms with E-state index in [1.54, 1.807) is 43.4 Å². The summed E-state index contributed by atoms with van der Waals surface area (Å²) in [5.74, 6) is 1.43. The first-order valence-corrected chi connectivity index (χ1v) is 12.9. The number of piperazine rings is 1. The maximum atomic E-state index is 13.8. The summed E-state index contributed by atoms with van der Waals surface area (Å²) in [4.78, 5) is 30.1. The molecule has 1 aliphatic rings. The van der Waals surface area contributed by atoms with Crippen molar-refractivity contribution in [2.45, 2.75) is 6.92 Å². The number of benzene rings is 3. The lowest BCUT2D eigenvalue weighted by atomic mass is 10.1. The molecule has 8 nitrogen and oxygen atoms in total. The van der Waals surface area contributed by atoms with Crippen molar-refractivity contribution in [1.29, 1.82) is 0 Å². The van der Waals surface area contributed by atoms with Crippen molar-refractivity contribution >= 4 is 17.6 Å². The molecule has 200 valence electrons. The van der Waals surface area contributed by atoms with Crippen molar-refractivity contribution in [1.82, 2.24) is 14.4 Å². The number of ether oxygens (including phenoxy) is 2. The van der Waals surface area contributed by atoms with Crippen LogP contribution in [0.2, 0.25) is 0 Å². The van der Waals surface area contributed by atoms with E-state index >= 15 is 0 Å². The van der Waals surface area contributed by atoms with E-state index < -0.39 is 0 Å². The van der Waals surface area contributed by atoms with Gasteiger partial charge >= 0.3 is 6.03 Å². The number of anilines is 1. The summed E-state index contributed by atoms with van der Waals surface area (Å²) in [6.07, 6.45) is 0. The fourth-order valence-corrected chi connectivity index (χ4v) is 4.89. The molecule has 0 aliphatic carbocycles. The lowest BCUT2D eigenvalue weighted by Gasteiger charge is -2.34. The fraction of sp³-hybridized carbons (Fsp3) is 0.226. The van der Waals surface area contributed by atoms with Gasteiger partial charge in [-0.3, -0.25) is 4.79 Å². The lowest BCUT2D eigenvalue weighted by molar-refractivity contribution is 0.0671. The van der Waals surface area contributed by atoms with Gasteiger partial charge in [-0.1, -0.05) is 36.4 Å². The van der Waals surface area contributed by atoms with E-state index in [9.17, 15) is 9.59 Å². The van der Waals surface area contributed by atoms with Crippen LogP contribution < -0.4 is 14.8 Å². The van der Waals surface area contributed by atoms with Gasteiger partial charge in [-0.2, -0.15) is 0 Å². The molecular weight excluding hydrogens is 492 g/mol. The predicted octanol–water partition coefficient (Wildman–Crippen LogP) is 5.46. The van der Waals surface area contributed by atoms with Gasteiger partial charge in [0.15, 0.2) is 0 Å². The second kappa shape index (κ2) is 11.3. The monoisotopic (exact) mass is 524 g/mol. The number of rotatable bonds is 6. The first kappa shape index (κ1) is 25.9. The summed E-state index contributed by atoms with van der Waals surface area (Å²) in [5.41, 5.74) is 5.07. The highest BCUT2D eigenvalue weighted by Crippen LogP contribution is 2.31. The summed E-state index contributed by atoms with van der Waals surface area (Å²) in [6, 6.07) is 26.9. The summed E-state index contributed by atoms with van der Waals surface area (Å²) < 4.78 is 12.7. The number of nitrogens with zero attached hydrogens (tertiary/aromatic N) is 3. The summed E-state index contributed by atoms with van der Waals surface area (Å²) in [6.45, 7) is 3.79. The summed E-state index contributed by atoms with van der Waals surface area (Å²) in [7, 11) is 3.25. The maximum absolute atomic E-state index is 13.8. The molecule has 0 spiro atoms. The molecule has 4 aromatic rings. The number of hydrogen-bond donors (Lipinski definition) is 1. The molecule has 0 unspecified atom stereocenters. The van der Waals surface area contributed by atoms with E-state index in [4.69, 9.17) is 9.47 Å². The lowest BCUT2D eigenvalue weighted by Crippen LogP contribution is -2.51. The molecule has 2 heterocycles. The van der Waals surface area contributed by atoms with Gasteiger partial charge in [0.05, 0.1) is 25.5 Å². The quantitative estimate of drug-likeness (QED) is 0.364. The van der Waals surface area contributed by atoms with E-state index in [0.717, 1.165) is 34.1 Å². The van der Waals surface area contributed by atoms with Crippen molar-refractivity contribution in [3.05, 3.63) is 96.2 Å². The third kappa shape index (κ3) is 5.45. The Morgan fingerprint density at radius 3 is 2.08 bits per heavy atom. The van der Waals surface area contributed by atoms with E-state index in [0.29, 0.717) is 37.4 Å². The number of nitrogens with one attached hydrogen (secondary N) is 1. The van der Waals surface area contributed by atoms with E-state index in [1.807, 2.05) is 72.5 Å². The molecule has 1 fully saturated rings. The van der Waals surface area contributed by atoms with Gasteiger partial charge in [-0.05, 0) is 55.0 Å². The zero-order chi connectivity index (χ0) is 27.4. The van der Waals surface area contributed by atoms with Crippen LogP contribution in [-0.2, 0) is 0 Å². The third-order valence-corrected chi connectivity index (χ3v) is 7.05. The first-order valence-electron chi connectivity index (χ1n) is 12.9. The smallest absolute Gasteiger partial charge is 0.321 e. The van der Waals surface area contributed by atoms with Gasteiger partial charge in [0.25, 0.3) is 5.91 Å². The predicted molar refractivity (Wildman–Crippen MR) is 152 cm³/mol. The molecule has 8 heteroatoms. The standard InChI is InChI=1S/C31H32N4O4/c1-22-28(21-29(23-8-5-4-6-9-23)35(22)25-10-7-11-27(20-25)39-3)30(36)33-16-18-34(19-17-33)31(37)32-24-12-14-26(38-2)15-13-24/h4-15,20-21H,16-19H2,1-3H3,(H,32,37). The van der Waals surface area contributed by atoms with Crippen LogP contribution in [0.5, 0.6) is 11.5 Å². The van der Waals surface area contributed by atoms with Gasteiger partial charge < -0.3 is 29.2 Å². The third-order valence-electron chi connectivity index (χ3n) is 7.05. The molecule has 3 amide bonds. The van der Waals surface area contributed by atoms with Crippen molar-refractivity contribution in [2.75, 3.05) is 45.7 Å². The number of hydrogen-bond acceptors (Lipinski definition) is 4. The Morgan fingerprint density at radius 1 is 0.744 bits per heavy atom. The SMILES string of the molecule is COc1ccc(NC(=O)N2CCN(C(=O)c3cc(-c4ccccc4)n(-c4cccc(OC)c4)c3C)CC2)cc1. The Kier molecular flexibility index (Phi) is 7.54. The van der Waals surface area contributed by atoms with Crippen molar-refractivity contribution in [3.8, 4) is 28.4 Å². The van der Waals surface area contributed by atoms with Crippen LogP contribution in [0.15, 0.2) is 84.9 Å². The molecule has 0 saturated carbocycles. The van der Waals surface area contributed by atoms with Gasteiger partial charge in [-0.15, -0.1) is 0 Å². The zero-order valence-corrected chi connectivity index (χ0v) is 22.4. The summed E-state index contributed by atoms with van der Waals surface area (Å²) >= 11 is 0. The topological polar surface area (TPSA) is 76.0 Å². The normalized spacial score (nSPS) is 13.2. The summed E-state index contributed by atoms with van der Waals surface area (Å²) in [5, 5.41) is 2.92. The van der Waals surface area contributed by atoms with E-state index in [1.165, 1.54) is 0 Å². The minimum Gasteiger partial charge on any atom is -0.497 e. The van der Waals surface area contributed by atoms with Crippen LogP contribution >= 0.6 is 0 Å². The fourth-order valence-electron chi connectivity index (χ4n) is 4.89. The van der Waals surface area contributed by atoms with Crippen LogP contribution in [-0.4, -0.2) is 66.7 Å². The number of aromatic nitrogens is 1. The zero-order valence-electron chi connectivity index (χ0n) is 22.4. The first-order chi connectivity index (χ1) is 19.0. The Labute approximate surface area is 228 Å². The highest BCUT2D eigenvalue weighted by molar-refractivity contribution is 5.97. The second-order valence-electron chi connectivity index (χ2n) is 9.37. The number of carbonyl (C=O) groups excluding carboxylic acids is 2. The Balaban J connectivity index is 1.34. The average Bonchev–Trinajstić information content (AvgIpc) is 3.34. The number of methoxy groups -OCH3 is 2. The van der Waals surface area contributed by atoms with Crippen molar-refractivity contribution in [3.63, 3.8) is 0 Å². The van der Waals surface area contributed by atoms with Crippen LogP contribution in [0.1, 0.15) is 16.1 Å². The largest absolute Gasteiger partial charge is 0.497 e. The highest BCUT2D eigenvalue weighted by Gasteiger charge is 2.28. The molecule has 1 saturated heterocycles. The van der Waals surface area contributed by atoms with Crippen LogP contribution in [0.25, 0.3) is 16.9 Å². The Morgan fingerprint density at radius 2 is 1.41 bits per heavy atom. The molecule has 0 atom stereocenters. The Bertz CT molecular complexity index is 1460. The maximum Gasteiger partial charge on any atom is 0.321 e. The molecule has 1 aliphatic heterocycles. The molecule has 5 rings (SSSR count). The van der Waals surface area contributed by atoms with Gasteiger partial charge in [0, 0.05) is 49.3 Å². The van der Waals surface area contributed by atoms with Crippen LogP contribution in [0.3, 0.4) is 0 Å². The average molecular weight is 525 g/mol. The van der Waals surface area contributed by atoms with Gasteiger partial charge in [-0.25, -0.2) is 4.79 Å². The second-order valence-corrected chi connectivity index (χ2v) is 9.37. The molecular formula is C31H32N4O4. The number of urea groups is 1. The molecule has 0 bridgehead atoms. The molecule has 1 aromatic heterocycles. The minimum absolute atomic E-state index is 0.0402. The highest BCUT2D eigenvalue weighted by atomic mass is 16.5. The molecule has 39 heavy (non-hydrogen) atoms. The van der Waals surface area contributed by atoms with Crippen LogP contribution in [0, 0.1) is 6.92 Å². The number of amides is 3. The minimum atomic E-state index is -0.181. The van der Waals surface area contributed by atoms with Gasteiger partial charge in [0.2, 0.25) is 0 Å².